The lowest BCUT2D eigenvalue weighted by Gasteiger charge is -2.04. The van der Waals surface area contributed by atoms with Gasteiger partial charge in [-0.2, -0.15) is 5.10 Å². The Morgan fingerprint density at radius 1 is 1.50 bits per heavy atom. The van der Waals surface area contributed by atoms with Gasteiger partial charge in [0, 0.05) is 12.1 Å². The molecule has 1 aliphatic carbocycles. The van der Waals surface area contributed by atoms with Gasteiger partial charge in [0.25, 0.3) is 0 Å². The van der Waals surface area contributed by atoms with Gasteiger partial charge >= 0.3 is 0 Å². The second-order valence-electron chi connectivity index (χ2n) is 3.63. The molecule has 1 heterocycles. The second-order valence-corrected chi connectivity index (χ2v) is 3.63. The summed E-state index contributed by atoms with van der Waals surface area (Å²) in [6.45, 7) is 1.24. The minimum atomic E-state index is 0.572. The number of fused-ring (bicyclic) bond motifs is 1. The number of terminal acetylenes is 1. The van der Waals surface area contributed by atoms with Crippen molar-refractivity contribution in [2.75, 3.05) is 6.54 Å². The second kappa shape index (κ2) is 3.85. The number of nitrogens with zero attached hydrogens (tertiary/aromatic N) is 2. The number of aromatic nitrogens is 2. The van der Waals surface area contributed by atoms with E-state index in [0.29, 0.717) is 13.1 Å². The molecule has 0 saturated heterocycles. The molecule has 0 radical (unpaired) electrons. The fourth-order valence-electron chi connectivity index (χ4n) is 2.14. The number of nitrogens with two attached hydrogens (primary N) is 1. The maximum atomic E-state index is 5.59. The van der Waals surface area contributed by atoms with Gasteiger partial charge in [0.1, 0.15) is 6.54 Å². The summed E-state index contributed by atoms with van der Waals surface area (Å²) < 4.78 is 1.94. The topological polar surface area (TPSA) is 43.8 Å². The van der Waals surface area contributed by atoms with Crippen LogP contribution < -0.4 is 5.73 Å². The van der Waals surface area contributed by atoms with Gasteiger partial charge in [-0.1, -0.05) is 5.92 Å². The van der Waals surface area contributed by atoms with Crippen molar-refractivity contribution in [2.45, 2.75) is 32.2 Å². The predicted octanol–water partition coefficient (Wildman–Crippen LogP) is 0.506. The summed E-state index contributed by atoms with van der Waals surface area (Å²) in [6, 6.07) is 0. The highest BCUT2D eigenvalue weighted by atomic mass is 15.3. The highest BCUT2D eigenvalue weighted by molar-refractivity contribution is 5.31. The maximum Gasteiger partial charge on any atom is 0.102 e. The lowest BCUT2D eigenvalue weighted by atomic mass is 10.1. The highest BCUT2D eigenvalue weighted by Gasteiger charge is 2.20. The third-order valence-corrected chi connectivity index (χ3v) is 2.71. The summed E-state index contributed by atoms with van der Waals surface area (Å²) in [7, 11) is 0. The average molecular weight is 189 g/mol. The Kier molecular flexibility index (Phi) is 2.55. The van der Waals surface area contributed by atoms with Gasteiger partial charge in [0.15, 0.2) is 0 Å². The Hall–Kier alpha value is -1.27. The molecule has 0 atom stereocenters. The minimum Gasteiger partial charge on any atom is -0.330 e. The van der Waals surface area contributed by atoms with Crippen molar-refractivity contribution in [3.05, 3.63) is 17.0 Å². The summed E-state index contributed by atoms with van der Waals surface area (Å²) in [5, 5.41) is 4.52. The van der Waals surface area contributed by atoms with E-state index in [1.165, 1.54) is 23.4 Å². The molecular weight excluding hydrogens is 174 g/mol. The summed E-state index contributed by atoms with van der Waals surface area (Å²) in [5.74, 6) is 2.63. The first kappa shape index (κ1) is 9.29. The molecule has 2 N–H and O–H groups in total. The standard InChI is InChI=1S/C11H15N3/c1-2-8-14-11(6-7-12)9-4-3-5-10(9)13-14/h1H,3-8,12H2. The van der Waals surface area contributed by atoms with E-state index in [-0.39, 0.29) is 0 Å². The molecule has 14 heavy (non-hydrogen) atoms. The van der Waals surface area contributed by atoms with Crippen LogP contribution in [0.3, 0.4) is 0 Å². The van der Waals surface area contributed by atoms with E-state index >= 15 is 0 Å². The monoisotopic (exact) mass is 189 g/mol. The third-order valence-electron chi connectivity index (χ3n) is 2.71. The van der Waals surface area contributed by atoms with E-state index in [9.17, 15) is 0 Å². The Balaban J connectivity index is 2.36. The lowest BCUT2D eigenvalue weighted by Crippen LogP contribution is -2.11. The van der Waals surface area contributed by atoms with Crippen molar-refractivity contribution in [1.82, 2.24) is 9.78 Å². The van der Waals surface area contributed by atoms with Crippen LogP contribution in [0.1, 0.15) is 23.4 Å². The SMILES string of the molecule is C#CCn1nc2c(c1CCN)CCC2. The number of hydrogen-bond donors (Lipinski definition) is 1. The van der Waals surface area contributed by atoms with Crippen LogP contribution in [0.15, 0.2) is 0 Å². The van der Waals surface area contributed by atoms with Gasteiger partial charge in [-0.05, 0) is 31.4 Å². The first-order chi connectivity index (χ1) is 6.86. The van der Waals surface area contributed by atoms with Crippen molar-refractivity contribution < 1.29 is 0 Å². The van der Waals surface area contributed by atoms with Gasteiger partial charge in [-0.25, -0.2) is 0 Å². The van der Waals surface area contributed by atoms with Crippen molar-refractivity contribution in [2.24, 2.45) is 5.73 Å². The molecule has 3 heteroatoms. The molecule has 0 aliphatic heterocycles. The smallest absolute Gasteiger partial charge is 0.102 e. The minimum absolute atomic E-state index is 0.572. The van der Waals surface area contributed by atoms with Crippen molar-refractivity contribution in [3.8, 4) is 12.3 Å². The average Bonchev–Trinajstić information content (AvgIpc) is 2.71. The quantitative estimate of drug-likeness (QED) is 0.704. The van der Waals surface area contributed by atoms with Crippen molar-refractivity contribution >= 4 is 0 Å². The molecule has 0 bridgehead atoms. The normalized spacial score (nSPS) is 14.0. The molecule has 0 unspecified atom stereocenters. The van der Waals surface area contributed by atoms with Crippen LogP contribution in [-0.4, -0.2) is 16.3 Å². The van der Waals surface area contributed by atoms with E-state index in [2.05, 4.69) is 11.0 Å². The van der Waals surface area contributed by atoms with E-state index in [4.69, 9.17) is 12.2 Å². The maximum absolute atomic E-state index is 5.59. The Morgan fingerprint density at radius 3 is 3.07 bits per heavy atom. The van der Waals surface area contributed by atoms with Crippen LogP contribution in [-0.2, 0) is 25.8 Å². The molecule has 1 aromatic heterocycles. The predicted molar refractivity (Wildman–Crippen MR) is 55.8 cm³/mol. The molecule has 1 aliphatic rings. The van der Waals surface area contributed by atoms with Crippen LogP contribution >= 0.6 is 0 Å². The Morgan fingerprint density at radius 2 is 2.36 bits per heavy atom. The molecule has 0 spiro atoms. The van der Waals surface area contributed by atoms with E-state index in [1.807, 2.05) is 4.68 Å². The third kappa shape index (κ3) is 1.42. The van der Waals surface area contributed by atoms with E-state index in [0.717, 1.165) is 19.3 Å². The van der Waals surface area contributed by atoms with E-state index < -0.39 is 0 Å². The summed E-state index contributed by atoms with van der Waals surface area (Å²) in [4.78, 5) is 0. The number of hydrogen-bond acceptors (Lipinski definition) is 2. The molecule has 3 nitrogen and oxygen atoms in total. The first-order valence-corrected chi connectivity index (χ1v) is 5.07. The fraction of sp³-hybridized carbons (Fsp3) is 0.545. The fourth-order valence-corrected chi connectivity index (χ4v) is 2.14. The Labute approximate surface area is 84.3 Å². The number of aryl methyl sites for hydroxylation is 1. The Bertz CT molecular complexity index is 371. The molecule has 0 saturated carbocycles. The summed E-state index contributed by atoms with van der Waals surface area (Å²) >= 11 is 0. The van der Waals surface area contributed by atoms with Gasteiger partial charge in [-0.15, -0.1) is 6.42 Å². The van der Waals surface area contributed by atoms with Gasteiger partial charge in [0.05, 0.1) is 5.69 Å². The van der Waals surface area contributed by atoms with Crippen LogP contribution in [0.2, 0.25) is 0 Å². The van der Waals surface area contributed by atoms with Gasteiger partial charge in [0.2, 0.25) is 0 Å². The van der Waals surface area contributed by atoms with Crippen LogP contribution in [0.25, 0.3) is 0 Å². The molecule has 1 aromatic rings. The molecule has 74 valence electrons. The summed E-state index contributed by atoms with van der Waals surface area (Å²) in [5.41, 5.74) is 9.50. The zero-order valence-corrected chi connectivity index (χ0v) is 8.29. The summed E-state index contributed by atoms with van der Waals surface area (Å²) in [6.07, 6.45) is 9.67. The van der Waals surface area contributed by atoms with Crippen LogP contribution in [0, 0.1) is 12.3 Å². The van der Waals surface area contributed by atoms with Crippen molar-refractivity contribution in [1.29, 1.82) is 0 Å². The first-order valence-electron chi connectivity index (χ1n) is 5.07. The molecular formula is C11H15N3. The molecule has 2 rings (SSSR count). The van der Waals surface area contributed by atoms with Gasteiger partial charge in [-0.3, -0.25) is 4.68 Å². The molecule has 0 aromatic carbocycles. The van der Waals surface area contributed by atoms with Gasteiger partial charge < -0.3 is 5.73 Å². The molecule has 0 fully saturated rings. The highest BCUT2D eigenvalue weighted by Crippen LogP contribution is 2.24. The van der Waals surface area contributed by atoms with Crippen molar-refractivity contribution in [3.63, 3.8) is 0 Å². The lowest BCUT2D eigenvalue weighted by molar-refractivity contribution is 0.643. The van der Waals surface area contributed by atoms with Crippen LogP contribution in [0.4, 0.5) is 0 Å². The number of rotatable bonds is 3. The zero-order valence-electron chi connectivity index (χ0n) is 8.29. The van der Waals surface area contributed by atoms with Crippen LogP contribution in [0.5, 0.6) is 0 Å². The largest absolute Gasteiger partial charge is 0.330 e. The zero-order chi connectivity index (χ0) is 9.97. The van der Waals surface area contributed by atoms with E-state index in [1.54, 1.807) is 0 Å². The molecule has 0 amide bonds.